The van der Waals surface area contributed by atoms with Crippen molar-refractivity contribution in [2.24, 2.45) is 0 Å². The van der Waals surface area contributed by atoms with E-state index in [0.29, 0.717) is 6.42 Å². The Morgan fingerprint density at radius 2 is 1.28 bits per heavy atom. The zero-order valence-corrected chi connectivity index (χ0v) is 16.4. The summed E-state index contributed by atoms with van der Waals surface area (Å²) in [6.07, 6.45) is 14.4. The average molecular weight is 358 g/mol. The zero-order chi connectivity index (χ0) is 18.8. The van der Waals surface area contributed by atoms with Crippen LogP contribution in [-0.2, 0) is 14.3 Å². The number of carbonyl (C=O) groups excluding carboxylic acids is 1. The van der Waals surface area contributed by atoms with Crippen molar-refractivity contribution < 1.29 is 19.4 Å². The predicted octanol–water partition coefficient (Wildman–Crippen LogP) is 4.64. The number of methoxy groups -OCH3 is 1. The number of hydrogen-bond acceptors (Lipinski definition) is 4. The molecule has 0 aromatic heterocycles. The highest BCUT2D eigenvalue weighted by atomic mass is 16.5. The van der Waals surface area contributed by atoms with Crippen LogP contribution < -0.4 is 0 Å². The summed E-state index contributed by atoms with van der Waals surface area (Å²) in [5.74, 6) is -0.872. The lowest BCUT2D eigenvalue weighted by molar-refractivity contribution is -0.141. The van der Waals surface area contributed by atoms with Crippen LogP contribution in [0.5, 0.6) is 0 Å². The van der Waals surface area contributed by atoms with Crippen molar-refractivity contribution in [1.82, 2.24) is 4.90 Å². The molecule has 0 aromatic carbocycles. The quantitative estimate of drug-likeness (QED) is 0.286. The minimum atomic E-state index is -0.735. The van der Waals surface area contributed by atoms with Gasteiger partial charge in [0.15, 0.2) is 0 Å². The van der Waals surface area contributed by atoms with Crippen molar-refractivity contribution in [2.45, 2.75) is 90.4 Å². The maximum Gasteiger partial charge on any atom is 0.317 e. The molecule has 0 aromatic rings. The Balaban J connectivity index is 3.67. The Morgan fingerprint density at radius 1 is 0.800 bits per heavy atom. The number of ether oxygens (including phenoxy) is 1. The number of carbonyl (C=O) groups is 2. The van der Waals surface area contributed by atoms with E-state index in [2.05, 4.69) is 16.6 Å². The summed E-state index contributed by atoms with van der Waals surface area (Å²) in [7, 11) is 1.42. The number of carboxylic acid groups (broad SMARTS) is 1. The normalized spacial score (nSPS) is 11.0. The third-order valence-electron chi connectivity index (χ3n) is 4.52. The Labute approximate surface area is 154 Å². The van der Waals surface area contributed by atoms with Gasteiger partial charge >= 0.3 is 11.9 Å². The summed E-state index contributed by atoms with van der Waals surface area (Å²) in [4.78, 5) is 24.1. The first-order valence-electron chi connectivity index (χ1n) is 10.1. The van der Waals surface area contributed by atoms with E-state index < -0.39 is 5.97 Å². The highest BCUT2D eigenvalue weighted by molar-refractivity contribution is 5.69. The molecular weight excluding hydrogens is 318 g/mol. The van der Waals surface area contributed by atoms with Crippen LogP contribution in [0.15, 0.2) is 0 Å². The van der Waals surface area contributed by atoms with Crippen molar-refractivity contribution in [3.05, 3.63) is 0 Å². The molecular formula is C20H39NO4. The Hall–Kier alpha value is -1.10. The molecule has 0 spiro atoms. The predicted molar refractivity (Wildman–Crippen MR) is 102 cm³/mol. The summed E-state index contributed by atoms with van der Waals surface area (Å²) in [6.45, 7) is 4.13. The Bertz CT molecular complexity index is 334. The summed E-state index contributed by atoms with van der Waals surface area (Å²) >= 11 is 0. The van der Waals surface area contributed by atoms with Gasteiger partial charge in [0.2, 0.25) is 0 Å². The largest absolute Gasteiger partial charge is 0.480 e. The van der Waals surface area contributed by atoms with Crippen LogP contribution in [0.3, 0.4) is 0 Å². The molecule has 0 amide bonds. The second-order valence-electron chi connectivity index (χ2n) is 6.89. The lowest BCUT2D eigenvalue weighted by Crippen LogP contribution is -2.31. The van der Waals surface area contributed by atoms with Gasteiger partial charge in [-0.25, -0.2) is 0 Å². The fourth-order valence-corrected chi connectivity index (χ4v) is 2.99. The molecule has 0 atom stereocenters. The first-order valence-corrected chi connectivity index (χ1v) is 10.1. The van der Waals surface area contributed by atoms with Gasteiger partial charge in [-0.3, -0.25) is 14.5 Å². The number of aliphatic carboxylic acids is 1. The monoisotopic (exact) mass is 357 g/mol. The molecule has 25 heavy (non-hydrogen) atoms. The molecule has 0 rings (SSSR count). The minimum Gasteiger partial charge on any atom is -0.480 e. The third kappa shape index (κ3) is 17.5. The second kappa shape index (κ2) is 17.7. The van der Waals surface area contributed by atoms with E-state index in [1.54, 1.807) is 0 Å². The van der Waals surface area contributed by atoms with Crippen molar-refractivity contribution >= 4 is 11.9 Å². The number of rotatable bonds is 18. The smallest absolute Gasteiger partial charge is 0.317 e. The fourth-order valence-electron chi connectivity index (χ4n) is 2.99. The van der Waals surface area contributed by atoms with Gasteiger partial charge in [-0.05, 0) is 32.4 Å². The molecule has 0 radical (unpaired) electrons. The van der Waals surface area contributed by atoms with Crippen LogP contribution in [-0.4, -0.2) is 48.7 Å². The fraction of sp³-hybridized carbons (Fsp3) is 0.900. The van der Waals surface area contributed by atoms with Gasteiger partial charge in [0.25, 0.3) is 0 Å². The molecule has 0 saturated heterocycles. The average Bonchev–Trinajstić information content (AvgIpc) is 2.59. The van der Waals surface area contributed by atoms with E-state index in [1.807, 2.05) is 0 Å². The summed E-state index contributed by atoms with van der Waals surface area (Å²) in [6, 6.07) is 0. The van der Waals surface area contributed by atoms with Crippen molar-refractivity contribution in [2.75, 3.05) is 26.7 Å². The minimum absolute atomic E-state index is 0.137. The van der Waals surface area contributed by atoms with Crippen molar-refractivity contribution in [3.8, 4) is 0 Å². The van der Waals surface area contributed by atoms with E-state index in [0.717, 1.165) is 51.6 Å². The number of nitrogens with zero attached hydrogens (tertiary/aromatic N) is 1. The molecule has 148 valence electrons. The maximum absolute atomic E-state index is 11.0. The van der Waals surface area contributed by atoms with Gasteiger partial charge in [-0.2, -0.15) is 0 Å². The van der Waals surface area contributed by atoms with Gasteiger partial charge in [0.1, 0.15) is 0 Å². The number of esters is 1. The highest BCUT2D eigenvalue weighted by Crippen LogP contribution is 2.10. The summed E-state index contributed by atoms with van der Waals surface area (Å²) in [5, 5.41) is 9.05. The van der Waals surface area contributed by atoms with Crippen LogP contribution in [0.1, 0.15) is 90.4 Å². The first kappa shape index (κ1) is 23.9. The summed E-state index contributed by atoms with van der Waals surface area (Å²) in [5.41, 5.74) is 0. The van der Waals surface area contributed by atoms with E-state index in [9.17, 15) is 9.59 Å². The van der Waals surface area contributed by atoms with E-state index in [-0.39, 0.29) is 12.5 Å². The van der Waals surface area contributed by atoms with Crippen LogP contribution in [0, 0.1) is 0 Å². The van der Waals surface area contributed by atoms with Gasteiger partial charge in [-0.15, -0.1) is 0 Å². The molecule has 5 heteroatoms. The van der Waals surface area contributed by atoms with Crippen molar-refractivity contribution in [1.29, 1.82) is 0 Å². The van der Waals surface area contributed by atoms with E-state index in [4.69, 9.17) is 5.11 Å². The number of hydrogen-bond donors (Lipinski definition) is 1. The molecule has 0 fully saturated rings. The van der Waals surface area contributed by atoms with Gasteiger partial charge < -0.3 is 9.84 Å². The molecule has 0 aliphatic heterocycles. The van der Waals surface area contributed by atoms with Gasteiger partial charge in [-0.1, -0.05) is 64.7 Å². The van der Waals surface area contributed by atoms with Crippen molar-refractivity contribution in [3.63, 3.8) is 0 Å². The molecule has 5 nitrogen and oxygen atoms in total. The molecule has 1 N–H and O–H groups in total. The lowest BCUT2D eigenvalue weighted by Gasteiger charge is -2.20. The first-order chi connectivity index (χ1) is 12.1. The van der Waals surface area contributed by atoms with E-state index in [1.165, 1.54) is 45.6 Å². The molecule has 0 unspecified atom stereocenters. The number of carboxylic acids is 1. The van der Waals surface area contributed by atoms with Crippen LogP contribution in [0.2, 0.25) is 0 Å². The third-order valence-corrected chi connectivity index (χ3v) is 4.52. The van der Waals surface area contributed by atoms with E-state index >= 15 is 0 Å². The van der Waals surface area contributed by atoms with Gasteiger partial charge in [0, 0.05) is 6.42 Å². The Morgan fingerprint density at radius 3 is 1.76 bits per heavy atom. The van der Waals surface area contributed by atoms with Crippen LogP contribution in [0.4, 0.5) is 0 Å². The SMILES string of the molecule is CCCCCCCCCN(CCCCCCCC(=O)OC)CC(=O)O. The molecule has 0 saturated carbocycles. The molecule has 0 aliphatic carbocycles. The zero-order valence-electron chi connectivity index (χ0n) is 16.4. The highest BCUT2D eigenvalue weighted by Gasteiger charge is 2.09. The number of unbranched alkanes of at least 4 members (excludes halogenated alkanes) is 10. The second-order valence-corrected chi connectivity index (χ2v) is 6.89. The molecule has 0 bridgehead atoms. The maximum atomic E-state index is 11.0. The molecule has 0 aliphatic rings. The standard InChI is InChI=1S/C20H39NO4/c1-3-4-5-6-7-10-13-16-21(18-19(22)23)17-14-11-8-9-12-15-20(24)25-2/h3-18H2,1-2H3,(H,22,23). The van der Waals surface area contributed by atoms with Crippen LogP contribution >= 0.6 is 0 Å². The molecule has 0 heterocycles. The van der Waals surface area contributed by atoms with Crippen LogP contribution in [0.25, 0.3) is 0 Å². The van der Waals surface area contributed by atoms with Gasteiger partial charge in [0.05, 0.1) is 13.7 Å². The topological polar surface area (TPSA) is 66.8 Å². The lowest BCUT2D eigenvalue weighted by atomic mass is 10.1. The Kier molecular flexibility index (Phi) is 16.9. The summed E-state index contributed by atoms with van der Waals surface area (Å²) < 4.78 is 4.62.